The van der Waals surface area contributed by atoms with Gasteiger partial charge >= 0.3 is 5.97 Å². The molecular weight excluding hydrogens is 196 g/mol. The minimum atomic E-state index is -1.41. The van der Waals surface area contributed by atoms with Crippen molar-refractivity contribution in [1.29, 1.82) is 0 Å². The van der Waals surface area contributed by atoms with Crippen LogP contribution in [0.15, 0.2) is 30.3 Å². The van der Waals surface area contributed by atoms with Crippen LogP contribution >= 0.6 is 0 Å². The van der Waals surface area contributed by atoms with E-state index < -0.39 is 12.1 Å². The van der Waals surface area contributed by atoms with Gasteiger partial charge in [0, 0.05) is 6.42 Å². The summed E-state index contributed by atoms with van der Waals surface area (Å²) < 4.78 is 0. The van der Waals surface area contributed by atoms with Gasteiger partial charge in [-0.05, 0) is 5.56 Å². The van der Waals surface area contributed by atoms with Crippen molar-refractivity contribution < 1.29 is 19.8 Å². The molecule has 0 aliphatic carbocycles. The van der Waals surface area contributed by atoms with Gasteiger partial charge in [0.2, 0.25) is 0 Å². The fraction of sp³-hybridized carbons (Fsp3) is 0.273. The predicted octanol–water partition coefficient (Wildman–Crippen LogP) is 1.40. The number of carboxylic acids is 1. The smallest absolute Gasteiger partial charge is 0.337 e. The second-order valence-corrected chi connectivity index (χ2v) is 2.73. The van der Waals surface area contributed by atoms with E-state index in [1.807, 2.05) is 6.92 Å². The highest BCUT2D eigenvalue weighted by Gasteiger charge is 2.14. The summed E-state index contributed by atoms with van der Waals surface area (Å²) in [5.41, 5.74) is 0.403. The summed E-state index contributed by atoms with van der Waals surface area (Å²) in [7, 11) is 0. The fourth-order valence-electron chi connectivity index (χ4n) is 0.778. The summed E-state index contributed by atoms with van der Waals surface area (Å²) in [6, 6.07) is 8.26. The topological polar surface area (TPSA) is 74.6 Å². The first kappa shape index (κ1) is 13.3. The molecule has 1 aromatic rings. The van der Waals surface area contributed by atoms with Gasteiger partial charge in [0.15, 0.2) is 6.10 Å². The summed E-state index contributed by atoms with van der Waals surface area (Å²) in [5, 5.41) is 17.4. The molecule has 2 N–H and O–H groups in total. The molecule has 0 fully saturated rings. The van der Waals surface area contributed by atoms with Crippen LogP contribution in [0.5, 0.6) is 0 Å². The zero-order valence-corrected chi connectivity index (χ0v) is 8.46. The standard InChI is InChI=1S/C8H8O3.C3H6O/c9-7(8(10)11)6-4-2-1-3-5-6;1-2-3-4/h1-5,7,9H,(H,10,11);3H,2H2,1H3/t7-;/m0./s1. The van der Waals surface area contributed by atoms with Crippen molar-refractivity contribution in [2.75, 3.05) is 0 Å². The summed E-state index contributed by atoms with van der Waals surface area (Å²) in [4.78, 5) is 19.4. The minimum absolute atomic E-state index is 0.403. The maximum atomic E-state index is 10.2. The van der Waals surface area contributed by atoms with Crippen molar-refractivity contribution in [3.8, 4) is 0 Å². The second kappa shape index (κ2) is 7.70. The zero-order chi connectivity index (χ0) is 11.7. The highest BCUT2D eigenvalue weighted by atomic mass is 16.4. The molecule has 0 spiro atoms. The highest BCUT2D eigenvalue weighted by Crippen LogP contribution is 2.10. The Morgan fingerprint density at radius 1 is 1.40 bits per heavy atom. The van der Waals surface area contributed by atoms with Crippen molar-refractivity contribution >= 4 is 12.3 Å². The predicted molar refractivity (Wildman–Crippen MR) is 55.4 cm³/mol. The van der Waals surface area contributed by atoms with Gasteiger partial charge in [-0.15, -0.1) is 0 Å². The summed E-state index contributed by atoms with van der Waals surface area (Å²) in [6.45, 7) is 1.81. The Morgan fingerprint density at radius 2 is 1.87 bits per heavy atom. The Bertz CT molecular complexity index is 295. The van der Waals surface area contributed by atoms with Crippen molar-refractivity contribution in [1.82, 2.24) is 0 Å². The Kier molecular flexibility index (Phi) is 6.84. The van der Waals surface area contributed by atoms with E-state index in [4.69, 9.17) is 10.2 Å². The van der Waals surface area contributed by atoms with Crippen LogP contribution in [0.1, 0.15) is 25.0 Å². The number of aliphatic hydroxyl groups excluding tert-OH is 1. The van der Waals surface area contributed by atoms with Crippen LogP contribution in [0.25, 0.3) is 0 Å². The lowest BCUT2D eigenvalue weighted by atomic mass is 10.1. The molecule has 1 aromatic carbocycles. The third-order valence-electron chi connectivity index (χ3n) is 1.52. The Labute approximate surface area is 88.2 Å². The summed E-state index contributed by atoms with van der Waals surface area (Å²) in [6.07, 6.45) is 0.108. The monoisotopic (exact) mass is 210 g/mol. The second-order valence-electron chi connectivity index (χ2n) is 2.73. The molecule has 82 valence electrons. The van der Waals surface area contributed by atoms with E-state index in [9.17, 15) is 9.59 Å². The number of carbonyl (C=O) groups excluding carboxylic acids is 1. The van der Waals surface area contributed by atoms with E-state index in [2.05, 4.69) is 0 Å². The van der Waals surface area contributed by atoms with E-state index in [1.54, 1.807) is 30.3 Å². The molecule has 1 atom stereocenters. The molecule has 0 saturated carbocycles. The molecule has 0 unspecified atom stereocenters. The molecule has 1 rings (SSSR count). The number of aldehydes is 1. The van der Waals surface area contributed by atoms with Crippen LogP contribution in [0.3, 0.4) is 0 Å². The van der Waals surface area contributed by atoms with E-state index in [-0.39, 0.29) is 0 Å². The summed E-state index contributed by atoms with van der Waals surface area (Å²) >= 11 is 0. The van der Waals surface area contributed by atoms with Crippen molar-refractivity contribution in [3.05, 3.63) is 35.9 Å². The maximum Gasteiger partial charge on any atom is 0.337 e. The van der Waals surface area contributed by atoms with E-state index >= 15 is 0 Å². The first-order valence-electron chi connectivity index (χ1n) is 4.53. The van der Waals surface area contributed by atoms with Gasteiger partial charge in [-0.1, -0.05) is 37.3 Å². The number of aliphatic hydroxyl groups is 1. The molecule has 0 bridgehead atoms. The Morgan fingerprint density at radius 3 is 2.20 bits per heavy atom. The van der Waals surface area contributed by atoms with Gasteiger partial charge in [0.1, 0.15) is 6.29 Å². The SMILES string of the molecule is CCC=O.O=C(O)[C@@H](O)c1ccccc1. The van der Waals surface area contributed by atoms with Gasteiger partial charge in [-0.2, -0.15) is 0 Å². The quantitative estimate of drug-likeness (QED) is 0.739. The van der Waals surface area contributed by atoms with Crippen LogP contribution in [-0.4, -0.2) is 22.5 Å². The summed E-state index contributed by atoms with van der Waals surface area (Å²) in [5.74, 6) is -1.23. The molecule has 0 aliphatic heterocycles. The molecular formula is C11H14O4. The number of rotatable bonds is 3. The minimum Gasteiger partial charge on any atom is -0.479 e. The Hall–Kier alpha value is -1.68. The molecule has 15 heavy (non-hydrogen) atoms. The number of hydrogen-bond acceptors (Lipinski definition) is 3. The molecule has 0 radical (unpaired) electrons. The number of benzene rings is 1. The van der Waals surface area contributed by atoms with Gasteiger partial charge in [0.05, 0.1) is 0 Å². The number of hydrogen-bond donors (Lipinski definition) is 2. The van der Waals surface area contributed by atoms with Crippen LogP contribution in [0, 0.1) is 0 Å². The van der Waals surface area contributed by atoms with Gasteiger partial charge in [-0.25, -0.2) is 4.79 Å². The number of carboxylic acid groups (broad SMARTS) is 1. The molecule has 0 heterocycles. The van der Waals surface area contributed by atoms with E-state index in [0.29, 0.717) is 12.0 Å². The van der Waals surface area contributed by atoms with Crippen LogP contribution in [0.2, 0.25) is 0 Å². The van der Waals surface area contributed by atoms with Gasteiger partial charge in [-0.3, -0.25) is 0 Å². The number of aliphatic carboxylic acids is 1. The lowest BCUT2D eigenvalue weighted by Gasteiger charge is -2.03. The van der Waals surface area contributed by atoms with Crippen LogP contribution in [-0.2, 0) is 9.59 Å². The molecule has 0 saturated heterocycles. The first-order valence-corrected chi connectivity index (χ1v) is 4.53. The average molecular weight is 210 g/mol. The van der Waals surface area contributed by atoms with Crippen molar-refractivity contribution in [2.45, 2.75) is 19.4 Å². The van der Waals surface area contributed by atoms with E-state index in [0.717, 1.165) is 6.29 Å². The van der Waals surface area contributed by atoms with Crippen molar-refractivity contribution in [3.63, 3.8) is 0 Å². The maximum absolute atomic E-state index is 10.2. The average Bonchev–Trinajstić information content (AvgIpc) is 2.29. The lowest BCUT2D eigenvalue weighted by molar-refractivity contribution is -0.146. The van der Waals surface area contributed by atoms with Gasteiger partial charge in [0.25, 0.3) is 0 Å². The third-order valence-corrected chi connectivity index (χ3v) is 1.52. The van der Waals surface area contributed by atoms with E-state index in [1.165, 1.54) is 0 Å². The highest BCUT2D eigenvalue weighted by molar-refractivity contribution is 5.73. The normalized spacial score (nSPS) is 10.8. The largest absolute Gasteiger partial charge is 0.479 e. The Balaban J connectivity index is 0.000000423. The fourth-order valence-corrected chi connectivity index (χ4v) is 0.778. The molecule has 0 aromatic heterocycles. The number of carbonyl (C=O) groups is 2. The zero-order valence-electron chi connectivity index (χ0n) is 8.46. The first-order chi connectivity index (χ1) is 7.13. The van der Waals surface area contributed by atoms with Gasteiger partial charge < -0.3 is 15.0 Å². The third kappa shape index (κ3) is 5.59. The molecule has 0 aliphatic rings. The molecule has 4 nitrogen and oxygen atoms in total. The lowest BCUT2D eigenvalue weighted by Crippen LogP contribution is -2.09. The molecule has 0 amide bonds. The van der Waals surface area contributed by atoms with Crippen LogP contribution < -0.4 is 0 Å². The van der Waals surface area contributed by atoms with Crippen molar-refractivity contribution in [2.24, 2.45) is 0 Å². The molecule has 4 heteroatoms. The van der Waals surface area contributed by atoms with Crippen LogP contribution in [0.4, 0.5) is 0 Å².